The summed E-state index contributed by atoms with van der Waals surface area (Å²) in [7, 11) is 0. The molecular formula is C19H29N5O6. The minimum Gasteiger partial charge on any atom is -0.394 e. The topological polar surface area (TPSA) is 155 Å². The van der Waals surface area contributed by atoms with Crippen LogP contribution in [0.4, 0.5) is 5.95 Å². The number of imidazole rings is 1. The lowest BCUT2D eigenvalue weighted by Gasteiger charge is -2.33. The lowest BCUT2D eigenvalue weighted by molar-refractivity contribution is -0.0432. The van der Waals surface area contributed by atoms with Crippen LogP contribution >= 0.6 is 0 Å². The fraction of sp³-hybridized carbons (Fsp3) is 0.737. The molecule has 30 heavy (non-hydrogen) atoms. The minimum atomic E-state index is -1.12. The summed E-state index contributed by atoms with van der Waals surface area (Å²) in [5.74, 6) is 0.157. The van der Waals surface area contributed by atoms with Crippen LogP contribution in [0.3, 0.4) is 0 Å². The van der Waals surface area contributed by atoms with E-state index in [1.54, 1.807) is 4.57 Å². The van der Waals surface area contributed by atoms with Gasteiger partial charge in [0.2, 0.25) is 5.95 Å². The molecule has 2 aromatic heterocycles. The maximum atomic E-state index is 12.9. The molecule has 0 saturated carbocycles. The van der Waals surface area contributed by atoms with Gasteiger partial charge in [-0.15, -0.1) is 0 Å². The Morgan fingerprint density at radius 3 is 2.83 bits per heavy atom. The van der Waals surface area contributed by atoms with Crippen LogP contribution in [-0.2, 0) is 4.74 Å². The summed E-state index contributed by atoms with van der Waals surface area (Å²) in [4.78, 5) is 21.6. The highest BCUT2D eigenvalue weighted by Crippen LogP contribution is 2.32. The van der Waals surface area contributed by atoms with Crippen LogP contribution in [0.2, 0.25) is 0 Å². The molecule has 166 valence electrons. The third-order valence-corrected chi connectivity index (χ3v) is 5.97. The number of unbranched alkanes of at least 4 members (excludes halogenated alkanes) is 2. The number of hydrogen-bond donors (Lipinski definition) is 5. The van der Waals surface area contributed by atoms with Crippen molar-refractivity contribution in [2.75, 3.05) is 11.9 Å². The lowest BCUT2D eigenvalue weighted by atomic mass is 9.99. The normalized spacial score (nSPS) is 29.7. The maximum Gasteiger partial charge on any atom is 0.285 e. The second-order valence-electron chi connectivity index (χ2n) is 8.08. The molecule has 4 rings (SSSR count). The van der Waals surface area contributed by atoms with E-state index < -0.39 is 42.4 Å². The number of fused-ring (bicyclic) bond motifs is 2. The SMILES string of the molecule is CCCCC[C@@H](O)[C@H]1C[C@H](O)n2c(nc3c(ncn3[C@H]3C[C@H](O)[C@@H](CO)O3)c2=O)N1. The number of nitrogens with zero attached hydrogens (tertiary/aromatic N) is 4. The number of anilines is 1. The molecule has 0 radical (unpaired) electrons. The molecule has 5 N–H and O–H groups in total. The Bertz CT molecular complexity index is 945. The smallest absolute Gasteiger partial charge is 0.285 e. The highest BCUT2D eigenvalue weighted by molar-refractivity contribution is 5.71. The molecule has 0 unspecified atom stereocenters. The molecular weight excluding hydrogens is 394 g/mol. The lowest BCUT2D eigenvalue weighted by Crippen LogP contribution is -2.44. The third-order valence-electron chi connectivity index (χ3n) is 5.97. The molecule has 1 fully saturated rings. The number of aliphatic hydroxyl groups excluding tert-OH is 4. The van der Waals surface area contributed by atoms with Crippen molar-refractivity contribution in [3.63, 3.8) is 0 Å². The van der Waals surface area contributed by atoms with Crippen molar-refractivity contribution in [2.24, 2.45) is 0 Å². The van der Waals surface area contributed by atoms with E-state index in [2.05, 4.69) is 22.2 Å². The van der Waals surface area contributed by atoms with Gasteiger partial charge in [-0.2, -0.15) is 4.98 Å². The van der Waals surface area contributed by atoms with Crippen molar-refractivity contribution in [1.82, 2.24) is 19.1 Å². The van der Waals surface area contributed by atoms with Crippen molar-refractivity contribution in [1.29, 1.82) is 0 Å². The molecule has 0 aromatic carbocycles. The fourth-order valence-electron chi connectivity index (χ4n) is 4.24. The van der Waals surface area contributed by atoms with Gasteiger partial charge in [-0.3, -0.25) is 9.36 Å². The number of hydrogen-bond acceptors (Lipinski definition) is 9. The molecule has 0 bridgehead atoms. The predicted octanol–water partition coefficient (Wildman–Crippen LogP) is -0.150. The van der Waals surface area contributed by atoms with E-state index in [4.69, 9.17) is 4.74 Å². The average molecular weight is 423 g/mol. The molecule has 11 heteroatoms. The van der Waals surface area contributed by atoms with Crippen LogP contribution in [0, 0.1) is 0 Å². The van der Waals surface area contributed by atoms with Crippen LogP contribution in [0.25, 0.3) is 11.2 Å². The van der Waals surface area contributed by atoms with Crippen molar-refractivity contribution >= 4 is 17.1 Å². The van der Waals surface area contributed by atoms with Crippen molar-refractivity contribution < 1.29 is 25.2 Å². The number of aromatic nitrogens is 4. The number of aliphatic hydroxyl groups is 4. The third kappa shape index (κ3) is 3.71. The van der Waals surface area contributed by atoms with Gasteiger partial charge >= 0.3 is 0 Å². The van der Waals surface area contributed by atoms with Gasteiger partial charge in [0.15, 0.2) is 11.2 Å². The van der Waals surface area contributed by atoms with Gasteiger partial charge in [0.05, 0.1) is 31.2 Å². The van der Waals surface area contributed by atoms with Crippen LogP contribution in [0.1, 0.15) is 57.9 Å². The van der Waals surface area contributed by atoms with E-state index in [0.29, 0.717) is 6.42 Å². The molecule has 1 saturated heterocycles. The van der Waals surface area contributed by atoms with E-state index >= 15 is 0 Å². The van der Waals surface area contributed by atoms with Gasteiger partial charge < -0.3 is 30.5 Å². The Hall–Kier alpha value is -2.05. The van der Waals surface area contributed by atoms with Gasteiger partial charge in [0.1, 0.15) is 18.6 Å². The predicted molar refractivity (Wildman–Crippen MR) is 107 cm³/mol. The van der Waals surface area contributed by atoms with Gasteiger partial charge in [-0.25, -0.2) is 9.55 Å². The number of rotatable bonds is 7. The molecule has 11 nitrogen and oxygen atoms in total. The quantitative estimate of drug-likeness (QED) is 0.382. The average Bonchev–Trinajstić information content (AvgIpc) is 3.30. The summed E-state index contributed by atoms with van der Waals surface area (Å²) in [6.45, 7) is 1.77. The molecule has 2 aromatic rings. The summed E-state index contributed by atoms with van der Waals surface area (Å²) < 4.78 is 8.36. The molecule has 2 aliphatic heterocycles. The van der Waals surface area contributed by atoms with Gasteiger partial charge in [0.25, 0.3) is 5.56 Å². The van der Waals surface area contributed by atoms with Crippen molar-refractivity contribution in [3.05, 3.63) is 16.7 Å². The monoisotopic (exact) mass is 423 g/mol. The zero-order valence-corrected chi connectivity index (χ0v) is 16.9. The number of nitrogens with one attached hydrogen (secondary N) is 1. The van der Waals surface area contributed by atoms with Gasteiger partial charge in [-0.1, -0.05) is 26.2 Å². The Balaban J connectivity index is 1.65. The number of ether oxygens (including phenoxy) is 1. The Kier molecular flexibility index (Phi) is 6.07. The summed E-state index contributed by atoms with van der Waals surface area (Å²) in [5.41, 5.74) is -0.167. The van der Waals surface area contributed by atoms with Gasteiger partial charge in [-0.05, 0) is 6.42 Å². The van der Waals surface area contributed by atoms with Crippen molar-refractivity contribution in [2.45, 2.75) is 82.3 Å². The molecule has 2 aliphatic rings. The summed E-state index contributed by atoms with van der Waals surface area (Å²) >= 11 is 0. The Labute approximate surface area is 173 Å². The minimum absolute atomic E-state index is 0.0760. The van der Waals surface area contributed by atoms with E-state index in [1.165, 1.54) is 6.33 Å². The Morgan fingerprint density at radius 2 is 2.13 bits per heavy atom. The van der Waals surface area contributed by atoms with E-state index in [9.17, 15) is 25.2 Å². The Morgan fingerprint density at radius 1 is 1.33 bits per heavy atom. The maximum absolute atomic E-state index is 12.9. The first kappa shape index (κ1) is 21.2. The van der Waals surface area contributed by atoms with Crippen LogP contribution in [0.5, 0.6) is 0 Å². The zero-order chi connectivity index (χ0) is 21.4. The molecule has 0 spiro atoms. The molecule has 6 atom stereocenters. The highest BCUT2D eigenvalue weighted by atomic mass is 16.5. The molecule has 4 heterocycles. The largest absolute Gasteiger partial charge is 0.394 e. The summed E-state index contributed by atoms with van der Waals surface area (Å²) in [6.07, 6.45) is 1.40. The highest BCUT2D eigenvalue weighted by Gasteiger charge is 2.37. The fourth-order valence-corrected chi connectivity index (χ4v) is 4.24. The van der Waals surface area contributed by atoms with E-state index in [0.717, 1.165) is 23.8 Å². The second kappa shape index (κ2) is 8.60. The zero-order valence-electron chi connectivity index (χ0n) is 16.9. The van der Waals surface area contributed by atoms with Gasteiger partial charge in [0, 0.05) is 12.8 Å². The van der Waals surface area contributed by atoms with E-state index in [1.807, 2.05) is 0 Å². The van der Waals surface area contributed by atoms with Crippen molar-refractivity contribution in [3.8, 4) is 0 Å². The first-order valence-corrected chi connectivity index (χ1v) is 10.5. The second-order valence-corrected chi connectivity index (χ2v) is 8.08. The van der Waals surface area contributed by atoms with Crippen LogP contribution in [0.15, 0.2) is 11.1 Å². The van der Waals surface area contributed by atoms with Crippen LogP contribution < -0.4 is 10.9 Å². The first-order valence-electron chi connectivity index (χ1n) is 10.5. The molecule has 0 amide bonds. The standard InChI is InChI=1S/C19H29N5O6/c1-2-3-4-5-11(26)10-6-14(28)24-18(29)16-17(22-19(24)21-10)23(9-20-16)15-7-12(27)13(8-25)30-15/h9-15,25-28H,2-8H2,1H3,(H,21,22)/t10-,11-,12+,13-,14+,15-/m1/s1. The van der Waals surface area contributed by atoms with Crippen LogP contribution in [-0.4, -0.2) is 70.5 Å². The molecule has 0 aliphatic carbocycles. The summed E-state index contributed by atoms with van der Waals surface area (Å²) in [5, 5.41) is 43.5. The summed E-state index contributed by atoms with van der Waals surface area (Å²) in [6, 6.07) is -0.430. The van der Waals surface area contributed by atoms with E-state index in [-0.39, 0.29) is 36.6 Å². The first-order chi connectivity index (χ1) is 14.4.